The molecule has 1 aromatic carbocycles. The molecule has 7 heteroatoms. The Morgan fingerprint density at radius 3 is 2.92 bits per heavy atom. The highest BCUT2D eigenvalue weighted by Crippen LogP contribution is 2.36. The zero-order valence-electron chi connectivity index (χ0n) is 13.4. The molecular weight excluding hydrogens is 344 g/mol. The summed E-state index contributed by atoms with van der Waals surface area (Å²) in [5.41, 5.74) is 2.35. The molecule has 24 heavy (non-hydrogen) atoms. The maximum atomic E-state index is 13.3. The van der Waals surface area contributed by atoms with Gasteiger partial charge < -0.3 is 0 Å². The Labute approximate surface area is 147 Å². The highest BCUT2D eigenvalue weighted by molar-refractivity contribution is 8.01. The number of fused-ring (bicyclic) bond motifs is 2. The van der Waals surface area contributed by atoms with Gasteiger partial charge in [0.1, 0.15) is 18.0 Å². The predicted octanol–water partition coefficient (Wildman–Crippen LogP) is 3.59. The van der Waals surface area contributed by atoms with Crippen molar-refractivity contribution in [1.82, 2.24) is 19.5 Å². The van der Waals surface area contributed by atoms with Crippen LogP contribution in [0.3, 0.4) is 0 Å². The SMILES string of the molecule is CCC1(C(=O)n2cnc3nc4cc(Cl)ccc4nc32)CC=C[S+]1C. The van der Waals surface area contributed by atoms with Gasteiger partial charge in [0, 0.05) is 28.8 Å². The van der Waals surface area contributed by atoms with Gasteiger partial charge in [0.15, 0.2) is 11.3 Å². The van der Waals surface area contributed by atoms with Gasteiger partial charge >= 0.3 is 0 Å². The molecule has 0 aliphatic carbocycles. The first-order valence-electron chi connectivity index (χ1n) is 7.72. The normalized spacial score (nSPS) is 23.4. The van der Waals surface area contributed by atoms with E-state index in [9.17, 15) is 4.79 Å². The van der Waals surface area contributed by atoms with Crippen molar-refractivity contribution in [2.45, 2.75) is 24.5 Å². The lowest BCUT2D eigenvalue weighted by molar-refractivity contribution is 0.0861. The number of halogens is 1. The summed E-state index contributed by atoms with van der Waals surface area (Å²) in [5.74, 6) is 0.0472. The van der Waals surface area contributed by atoms with Crippen molar-refractivity contribution in [2.75, 3.05) is 6.26 Å². The molecule has 0 amide bonds. The van der Waals surface area contributed by atoms with Crippen LogP contribution in [0.15, 0.2) is 36.0 Å². The van der Waals surface area contributed by atoms with E-state index in [0.717, 1.165) is 12.8 Å². The Hall–Kier alpha value is -1.92. The van der Waals surface area contributed by atoms with E-state index in [1.807, 2.05) is 6.07 Å². The molecule has 2 atom stereocenters. The third-order valence-corrected chi connectivity index (χ3v) is 7.36. The largest absolute Gasteiger partial charge is 0.290 e. The molecule has 3 heterocycles. The molecule has 1 aliphatic rings. The molecule has 2 aromatic heterocycles. The highest BCUT2D eigenvalue weighted by Gasteiger charge is 2.52. The van der Waals surface area contributed by atoms with Crippen LogP contribution >= 0.6 is 11.6 Å². The number of aromatic nitrogens is 4. The first-order chi connectivity index (χ1) is 11.5. The summed E-state index contributed by atoms with van der Waals surface area (Å²) in [7, 11) is -0.101. The fourth-order valence-electron chi connectivity index (χ4n) is 3.19. The number of nitrogens with zero attached hydrogens (tertiary/aromatic N) is 4. The summed E-state index contributed by atoms with van der Waals surface area (Å²) >= 11 is 6.01. The fraction of sp³-hybridized carbons (Fsp3) is 0.294. The first kappa shape index (κ1) is 15.6. The minimum atomic E-state index is -0.399. The van der Waals surface area contributed by atoms with Gasteiger partial charge in [0.2, 0.25) is 4.75 Å². The second-order valence-corrected chi connectivity index (χ2v) is 8.51. The minimum absolute atomic E-state index is 0.0472. The van der Waals surface area contributed by atoms with Gasteiger partial charge in [0.25, 0.3) is 5.91 Å². The lowest BCUT2D eigenvalue weighted by Gasteiger charge is -2.22. The zero-order chi connectivity index (χ0) is 16.9. The smallest absolute Gasteiger partial charge is 0.268 e. The molecule has 0 saturated heterocycles. The van der Waals surface area contributed by atoms with E-state index < -0.39 is 4.75 Å². The van der Waals surface area contributed by atoms with E-state index in [1.54, 1.807) is 23.0 Å². The summed E-state index contributed by atoms with van der Waals surface area (Å²) in [6.45, 7) is 2.07. The number of hydrogen-bond donors (Lipinski definition) is 0. The fourth-order valence-corrected chi connectivity index (χ4v) is 5.19. The van der Waals surface area contributed by atoms with Crippen LogP contribution in [-0.4, -0.2) is 36.4 Å². The quantitative estimate of drug-likeness (QED) is 0.656. The number of imidazole rings is 1. The molecule has 122 valence electrons. The maximum Gasteiger partial charge on any atom is 0.290 e. The van der Waals surface area contributed by atoms with Crippen molar-refractivity contribution >= 4 is 50.7 Å². The molecule has 0 spiro atoms. The standard InChI is InChI=1S/C17H16ClN4OS/c1-3-17(7-4-8-24(17)2)16(23)22-10-19-14-15(22)21-12-6-5-11(18)9-13(12)20-14/h4-6,8-10H,3,7H2,1-2H3/q+1. The van der Waals surface area contributed by atoms with E-state index in [2.05, 4.69) is 39.6 Å². The Balaban J connectivity index is 1.88. The number of carbonyl (C=O) groups excluding carboxylic acids is 1. The number of rotatable bonds is 2. The first-order valence-corrected chi connectivity index (χ1v) is 9.79. The van der Waals surface area contributed by atoms with E-state index >= 15 is 0 Å². The van der Waals surface area contributed by atoms with Gasteiger partial charge in [-0.3, -0.25) is 4.79 Å². The van der Waals surface area contributed by atoms with Crippen LogP contribution in [0, 0.1) is 0 Å². The third kappa shape index (κ3) is 2.17. The van der Waals surface area contributed by atoms with Crippen LogP contribution in [0.25, 0.3) is 22.3 Å². The summed E-state index contributed by atoms with van der Waals surface area (Å²) in [6.07, 6.45) is 7.31. The maximum absolute atomic E-state index is 13.3. The Morgan fingerprint density at radius 1 is 1.38 bits per heavy atom. The molecule has 4 rings (SSSR count). The highest BCUT2D eigenvalue weighted by atomic mass is 35.5. The summed E-state index contributed by atoms with van der Waals surface area (Å²) < 4.78 is 1.17. The lowest BCUT2D eigenvalue weighted by atomic mass is 10.0. The van der Waals surface area contributed by atoms with Gasteiger partial charge in [-0.25, -0.2) is 19.5 Å². The van der Waals surface area contributed by atoms with Gasteiger partial charge in [-0.05, 0) is 24.3 Å². The Morgan fingerprint density at radius 2 is 2.21 bits per heavy atom. The summed E-state index contributed by atoms with van der Waals surface area (Å²) in [6, 6.07) is 5.33. The molecule has 0 fully saturated rings. The van der Waals surface area contributed by atoms with Gasteiger partial charge in [-0.2, -0.15) is 0 Å². The summed E-state index contributed by atoms with van der Waals surface area (Å²) in [4.78, 5) is 26.7. The van der Waals surface area contributed by atoms with Crippen LogP contribution in [0.2, 0.25) is 5.02 Å². The molecule has 0 bridgehead atoms. The Bertz CT molecular complexity index is 999. The van der Waals surface area contributed by atoms with Gasteiger partial charge in [-0.15, -0.1) is 0 Å². The number of allylic oxidation sites excluding steroid dienone is 1. The third-order valence-electron chi connectivity index (χ3n) is 4.66. The van der Waals surface area contributed by atoms with E-state index in [-0.39, 0.29) is 16.8 Å². The molecule has 0 N–H and O–H groups in total. The van der Waals surface area contributed by atoms with E-state index in [1.165, 1.54) is 0 Å². The topological polar surface area (TPSA) is 60.7 Å². The summed E-state index contributed by atoms with van der Waals surface area (Å²) in [5, 5.41) is 2.74. The van der Waals surface area contributed by atoms with Crippen molar-refractivity contribution in [3.8, 4) is 0 Å². The average Bonchev–Trinajstić information content (AvgIpc) is 3.15. The molecule has 0 saturated carbocycles. The van der Waals surface area contributed by atoms with Crippen molar-refractivity contribution in [3.63, 3.8) is 0 Å². The average molecular weight is 360 g/mol. The molecule has 3 aromatic rings. The van der Waals surface area contributed by atoms with E-state index in [4.69, 9.17) is 11.6 Å². The predicted molar refractivity (Wildman–Crippen MR) is 98.5 cm³/mol. The monoisotopic (exact) mass is 359 g/mol. The van der Waals surface area contributed by atoms with Crippen molar-refractivity contribution in [2.24, 2.45) is 0 Å². The second kappa shape index (κ2) is 5.57. The number of hydrogen-bond acceptors (Lipinski definition) is 4. The molecule has 0 radical (unpaired) electrons. The lowest BCUT2D eigenvalue weighted by Crippen LogP contribution is -2.44. The second-order valence-electron chi connectivity index (χ2n) is 5.91. The zero-order valence-corrected chi connectivity index (χ0v) is 14.9. The molecule has 2 unspecified atom stereocenters. The van der Waals surface area contributed by atoms with Crippen LogP contribution in [-0.2, 0) is 10.9 Å². The van der Waals surface area contributed by atoms with Crippen LogP contribution < -0.4 is 0 Å². The number of benzene rings is 1. The molecule has 5 nitrogen and oxygen atoms in total. The van der Waals surface area contributed by atoms with Crippen LogP contribution in [0.5, 0.6) is 0 Å². The van der Waals surface area contributed by atoms with Crippen molar-refractivity contribution in [3.05, 3.63) is 41.0 Å². The van der Waals surface area contributed by atoms with Gasteiger partial charge in [0.05, 0.1) is 11.0 Å². The van der Waals surface area contributed by atoms with Crippen LogP contribution in [0.4, 0.5) is 0 Å². The minimum Gasteiger partial charge on any atom is -0.268 e. The van der Waals surface area contributed by atoms with Crippen LogP contribution in [0.1, 0.15) is 24.6 Å². The van der Waals surface area contributed by atoms with Crippen molar-refractivity contribution < 1.29 is 4.79 Å². The number of carbonyl (C=O) groups is 1. The molecule has 1 aliphatic heterocycles. The van der Waals surface area contributed by atoms with Crippen molar-refractivity contribution in [1.29, 1.82) is 0 Å². The molecular formula is C17H16ClN4OS+. The van der Waals surface area contributed by atoms with E-state index in [0.29, 0.717) is 27.4 Å². The van der Waals surface area contributed by atoms with Gasteiger partial charge in [-0.1, -0.05) is 18.5 Å². The Kier molecular flexibility index (Phi) is 3.62.